The van der Waals surface area contributed by atoms with Gasteiger partial charge in [-0.3, -0.25) is 4.79 Å². The van der Waals surface area contributed by atoms with Crippen molar-refractivity contribution in [2.45, 2.75) is 18.6 Å². The van der Waals surface area contributed by atoms with E-state index in [1.165, 1.54) is 0 Å². The fraction of sp³-hybridized carbons (Fsp3) is 0.800. The number of carboxylic acid groups (broad SMARTS) is 1. The monoisotopic (exact) mass is 212 g/mol. The predicted molar refractivity (Wildman–Crippen MR) is 46.4 cm³/mol. The first-order valence-electron chi connectivity index (χ1n) is 3.21. The maximum Gasteiger partial charge on any atom is 0.320 e. The van der Waals surface area contributed by atoms with Crippen LogP contribution in [0.25, 0.3) is 10.4 Å². The minimum atomic E-state index is -1.49. The molecule has 0 spiro atoms. The summed E-state index contributed by atoms with van der Waals surface area (Å²) in [5.74, 6) is -1.27. The van der Waals surface area contributed by atoms with Crippen molar-refractivity contribution < 1.29 is 14.3 Å². The zero-order chi connectivity index (χ0) is 9.56. The Bertz CT molecular complexity index is 209. The molecule has 0 aliphatic heterocycles. The van der Waals surface area contributed by atoms with Gasteiger partial charge >= 0.3 is 5.97 Å². The van der Waals surface area contributed by atoms with E-state index in [9.17, 15) is 9.18 Å². The van der Waals surface area contributed by atoms with E-state index in [0.29, 0.717) is 0 Å². The second kappa shape index (κ2) is 7.60. The molecule has 6 nitrogen and oxygen atoms in total. The highest BCUT2D eigenvalue weighted by Gasteiger charge is 2.17. The largest absolute Gasteiger partial charge is 0.480 e. The summed E-state index contributed by atoms with van der Waals surface area (Å²) in [7, 11) is 0. The van der Waals surface area contributed by atoms with Crippen molar-refractivity contribution in [1.82, 2.24) is 0 Å². The van der Waals surface area contributed by atoms with Gasteiger partial charge in [-0.25, -0.2) is 4.39 Å². The van der Waals surface area contributed by atoms with Gasteiger partial charge < -0.3 is 10.8 Å². The Morgan fingerprint density at radius 2 is 2.31 bits per heavy atom. The molecule has 13 heavy (non-hydrogen) atoms. The van der Waals surface area contributed by atoms with Gasteiger partial charge in [0.1, 0.15) is 12.2 Å². The average molecular weight is 213 g/mol. The highest BCUT2D eigenvalue weighted by atomic mass is 35.5. The van der Waals surface area contributed by atoms with Crippen LogP contribution in [0, 0.1) is 0 Å². The van der Waals surface area contributed by atoms with Crippen LogP contribution in [-0.4, -0.2) is 29.8 Å². The molecule has 0 aromatic rings. The highest BCUT2D eigenvalue weighted by Crippen LogP contribution is 2.01. The van der Waals surface area contributed by atoms with Gasteiger partial charge in [0.15, 0.2) is 0 Å². The molecule has 0 aromatic heterocycles. The Balaban J connectivity index is 0. The number of carboxylic acids is 1. The summed E-state index contributed by atoms with van der Waals surface area (Å²) in [6, 6.07) is -1.24. The minimum Gasteiger partial charge on any atom is -0.480 e. The van der Waals surface area contributed by atoms with Crippen LogP contribution < -0.4 is 5.73 Å². The Hall–Kier alpha value is -1.04. The second-order valence-corrected chi connectivity index (χ2v) is 2.19. The zero-order valence-electron chi connectivity index (χ0n) is 6.63. The van der Waals surface area contributed by atoms with Crippen LogP contribution in [0.15, 0.2) is 5.11 Å². The third-order valence-corrected chi connectivity index (χ3v) is 1.17. The normalized spacial score (nSPS) is 13.4. The van der Waals surface area contributed by atoms with Crippen molar-refractivity contribution in [1.29, 1.82) is 0 Å². The Morgan fingerprint density at radius 1 is 1.77 bits per heavy atom. The quantitative estimate of drug-likeness (QED) is 0.400. The van der Waals surface area contributed by atoms with Crippen molar-refractivity contribution >= 4 is 18.4 Å². The van der Waals surface area contributed by atoms with Gasteiger partial charge in [0.05, 0.1) is 6.54 Å². The number of hydrogen-bond donors (Lipinski definition) is 2. The standard InChI is InChI=1S/C5H9FN4O2.ClH/c6-3(2-9-10-8)1-4(7)5(11)12;/h3-4H,1-2,7H2,(H,11,12);1H/t3-,4+;/m1./s1. The van der Waals surface area contributed by atoms with Crippen LogP contribution in [0.1, 0.15) is 6.42 Å². The molecule has 8 heteroatoms. The first-order chi connectivity index (χ1) is 5.57. The van der Waals surface area contributed by atoms with Crippen molar-refractivity contribution in [2.24, 2.45) is 10.8 Å². The Kier molecular flexibility index (Phi) is 8.47. The molecule has 0 fully saturated rings. The van der Waals surface area contributed by atoms with Crippen LogP contribution >= 0.6 is 12.4 Å². The number of nitrogens with zero attached hydrogens (tertiary/aromatic N) is 3. The lowest BCUT2D eigenvalue weighted by molar-refractivity contribution is -0.139. The Morgan fingerprint density at radius 3 is 2.69 bits per heavy atom. The van der Waals surface area contributed by atoms with E-state index in [4.69, 9.17) is 16.4 Å². The summed E-state index contributed by atoms with van der Waals surface area (Å²) in [6.07, 6.45) is -1.83. The van der Waals surface area contributed by atoms with Crippen LogP contribution in [0.3, 0.4) is 0 Å². The number of halogens is 2. The van der Waals surface area contributed by atoms with Crippen LogP contribution in [0.2, 0.25) is 0 Å². The lowest BCUT2D eigenvalue weighted by Crippen LogP contribution is -2.33. The first kappa shape index (κ1) is 14.5. The summed E-state index contributed by atoms with van der Waals surface area (Å²) in [4.78, 5) is 12.4. The molecule has 76 valence electrons. The fourth-order valence-electron chi connectivity index (χ4n) is 0.576. The summed E-state index contributed by atoms with van der Waals surface area (Å²) >= 11 is 0. The molecule has 0 aliphatic carbocycles. The number of carbonyl (C=O) groups is 1. The summed E-state index contributed by atoms with van der Waals surface area (Å²) in [5, 5.41) is 11.2. The third-order valence-electron chi connectivity index (χ3n) is 1.17. The molecular formula is C5H10ClFN4O2. The summed E-state index contributed by atoms with van der Waals surface area (Å²) < 4.78 is 12.6. The molecule has 0 aromatic carbocycles. The van der Waals surface area contributed by atoms with Gasteiger partial charge in [-0.1, -0.05) is 5.11 Å². The van der Waals surface area contributed by atoms with Crippen LogP contribution in [0.4, 0.5) is 4.39 Å². The van der Waals surface area contributed by atoms with Crippen molar-refractivity contribution in [2.75, 3.05) is 6.54 Å². The number of rotatable bonds is 5. The average Bonchev–Trinajstić information content (AvgIpc) is 2.00. The minimum absolute atomic E-state index is 0. The number of alkyl halides is 1. The number of azide groups is 1. The molecule has 0 heterocycles. The SMILES string of the molecule is Cl.[N-]=[N+]=NC[C@H](F)C[C@H](N)C(=O)O. The van der Waals surface area contributed by atoms with Gasteiger partial charge in [-0.15, -0.1) is 12.4 Å². The van der Waals surface area contributed by atoms with E-state index in [-0.39, 0.29) is 25.4 Å². The van der Waals surface area contributed by atoms with Gasteiger partial charge in [0.25, 0.3) is 0 Å². The highest BCUT2D eigenvalue weighted by molar-refractivity contribution is 5.85. The lowest BCUT2D eigenvalue weighted by atomic mass is 10.1. The first-order valence-corrected chi connectivity index (χ1v) is 3.21. The summed E-state index contributed by atoms with van der Waals surface area (Å²) in [6.45, 7) is -0.377. The third kappa shape index (κ3) is 7.32. The van der Waals surface area contributed by atoms with E-state index < -0.39 is 18.2 Å². The molecular weight excluding hydrogens is 203 g/mol. The smallest absolute Gasteiger partial charge is 0.320 e. The van der Waals surface area contributed by atoms with E-state index in [1.807, 2.05) is 0 Å². The van der Waals surface area contributed by atoms with E-state index in [0.717, 1.165) is 0 Å². The van der Waals surface area contributed by atoms with E-state index in [2.05, 4.69) is 10.0 Å². The topological polar surface area (TPSA) is 112 Å². The number of aliphatic carboxylic acids is 1. The molecule has 3 N–H and O–H groups in total. The molecule has 0 saturated carbocycles. The number of hydrogen-bond acceptors (Lipinski definition) is 3. The van der Waals surface area contributed by atoms with E-state index >= 15 is 0 Å². The lowest BCUT2D eigenvalue weighted by Gasteiger charge is -2.07. The fourth-order valence-corrected chi connectivity index (χ4v) is 0.576. The Labute approximate surface area is 79.9 Å². The van der Waals surface area contributed by atoms with Crippen LogP contribution in [-0.2, 0) is 4.79 Å². The van der Waals surface area contributed by atoms with Gasteiger partial charge in [0.2, 0.25) is 0 Å². The summed E-state index contributed by atoms with van der Waals surface area (Å²) in [5.41, 5.74) is 12.8. The van der Waals surface area contributed by atoms with Crippen LogP contribution in [0.5, 0.6) is 0 Å². The molecule has 0 bridgehead atoms. The van der Waals surface area contributed by atoms with Crippen molar-refractivity contribution in [3.05, 3.63) is 10.4 Å². The maximum atomic E-state index is 12.6. The molecule has 0 aliphatic rings. The second-order valence-electron chi connectivity index (χ2n) is 2.19. The predicted octanol–water partition coefficient (Wildman–Crippen LogP) is 0.859. The molecule has 0 saturated heterocycles. The molecule has 0 unspecified atom stereocenters. The van der Waals surface area contributed by atoms with Gasteiger partial charge in [-0.05, 0) is 5.53 Å². The van der Waals surface area contributed by atoms with Gasteiger partial charge in [-0.2, -0.15) is 0 Å². The number of nitrogens with two attached hydrogens (primary N) is 1. The molecule has 0 rings (SSSR count). The molecule has 0 radical (unpaired) electrons. The zero-order valence-corrected chi connectivity index (χ0v) is 7.45. The van der Waals surface area contributed by atoms with Gasteiger partial charge in [0, 0.05) is 11.3 Å². The van der Waals surface area contributed by atoms with E-state index in [1.54, 1.807) is 0 Å². The maximum absolute atomic E-state index is 12.6. The molecule has 0 amide bonds. The van der Waals surface area contributed by atoms with Crippen molar-refractivity contribution in [3.63, 3.8) is 0 Å². The van der Waals surface area contributed by atoms with Crippen molar-refractivity contribution in [3.8, 4) is 0 Å². The molecule has 2 atom stereocenters.